The number of aliphatic imine (C=N–C) groups is 1. The first-order valence-corrected chi connectivity index (χ1v) is 7.52. The van der Waals surface area contributed by atoms with Crippen LogP contribution in [0, 0.1) is 11.6 Å². The summed E-state index contributed by atoms with van der Waals surface area (Å²) in [7, 11) is 1.69. The van der Waals surface area contributed by atoms with Gasteiger partial charge in [-0.1, -0.05) is 0 Å². The standard InChI is InChI=1S/C15H17F2N3S/c1-18-15(20-9-12-3-5-21-10-12)19-4-2-11-6-13(16)8-14(17)7-11/h3,5-8,10H,2,4,9H2,1H3,(H2,18,19,20). The molecule has 2 rings (SSSR count). The normalized spacial score (nSPS) is 11.5. The van der Waals surface area contributed by atoms with Crippen LogP contribution in [0.5, 0.6) is 0 Å². The zero-order chi connectivity index (χ0) is 15.1. The van der Waals surface area contributed by atoms with E-state index in [4.69, 9.17) is 0 Å². The van der Waals surface area contributed by atoms with Gasteiger partial charge in [0.05, 0.1) is 0 Å². The molecule has 0 fully saturated rings. The second-order valence-corrected chi connectivity index (χ2v) is 5.29. The van der Waals surface area contributed by atoms with Crippen molar-refractivity contribution < 1.29 is 8.78 Å². The monoisotopic (exact) mass is 309 g/mol. The lowest BCUT2D eigenvalue weighted by atomic mass is 10.1. The van der Waals surface area contributed by atoms with Crippen molar-refractivity contribution in [3.8, 4) is 0 Å². The Labute approximate surface area is 126 Å². The highest BCUT2D eigenvalue weighted by Gasteiger charge is 2.02. The summed E-state index contributed by atoms with van der Waals surface area (Å²) in [5.41, 5.74) is 1.81. The molecule has 0 saturated heterocycles. The summed E-state index contributed by atoms with van der Waals surface area (Å²) in [5.74, 6) is -0.437. The molecule has 2 aromatic rings. The van der Waals surface area contributed by atoms with Crippen molar-refractivity contribution in [3.05, 3.63) is 57.8 Å². The van der Waals surface area contributed by atoms with Gasteiger partial charge >= 0.3 is 0 Å². The second-order valence-electron chi connectivity index (χ2n) is 4.51. The first-order valence-electron chi connectivity index (χ1n) is 6.58. The van der Waals surface area contributed by atoms with Gasteiger partial charge in [0.1, 0.15) is 11.6 Å². The van der Waals surface area contributed by atoms with E-state index < -0.39 is 11.6 Å². The molecule has 0 aliphatic heterocycles. The SMILES string of the molecule is CN=C(NCCc1cc(F)cc(F)c1)NCc1ccsc1. The summed E-state index contributed by atoms with van der Waals surface area (Å²) in [6, 6.07) is 5.59. The molecule has 1 heterocycles. The van der Waals surface area contributed by atoms with Crippen LogP contribution >= 0.6 is 11.3 Å². The number of thiophene rings is 1. The maximum atomic E-state index is 13.1. The third kappa shape index (κ3) is 5.15. The van der Waals surface area contributed by atoms with Crippen LogP contribution in [-0.4, -0.2) is 19.6 Å². The van der Waals surface area contributed by atoms with E-state index in [9.17, 15) is 8.78 Å². The van der Waals surface area contributed by atoms with Crippen molar-refractivity contribution in [2.75, 3.05) is 13.6 Å². The average Bonchev–Trinajstić information content (AvgIpc) is 2.94. The molecule has 0 unspecified atom stereocenters. The van der Waals surface area contributed by atoms with Crippen molar-refractivity contribution in [2.45, 2.75) is 13.0 Å². The number of hydrogen-bond acceptors (Lipinski definition) is 2. The van der Waals surface area contributed by atoms with Gasteiger partial charge < -0.3 is 10.6 Å². The van der Waals surface area contributed by atoms with Crippen LogP contribution in [0.3, 0.4) is 0 Å². The van der Waals surface area contributed by atoms with Gasteiger partial charge in [-0.2, -0.15) is 11.3 Å². The van der Waals surface area contributed by atoms with Crippen LogP contribution in [-0.2, 0) is 13.0 Å². The Balaban J connectivity index is 1.78. The Morgan fingerprint density at radius 2 is 1.90 bits per heavy atom. The molecule has 1 aromatic carbocycles. The quantitative estimate of drug-likeness (QED) is 0.658. The minimum atomic E-state index is -0.551. The number of guanidine groups is 1. The van der Waals surface area contributed by atoms with E-state index in [-0.39, 0.29) is 0 Å². The highest BCUT2D eigenvalue weighted by Crippen LogP contribution is 2.08. The van der Waals surface area contributed by atoms with Crippen molar-refractivity contribution in [1.29, 1.82) is 0 Å². The van der Waals surface area contributed by atoms with Crippen LogP contribution in [0.4, 0.5) is 8.78 Å². The van der Waals surface area contributed by atoms with E-state index in [1.165, 1.54) is 17.7 Å². The van der Waals surface area contributed by atoms with Gasteiger partial charge in [-0.25, -0.2) is 8.78 Å². The van der Waals surface area contributed by atoms with Gasteiger partial charge in [0.2, 0.25) is 0 Å². The number of benzene rings is 1. The zero-order valence-corrected chi connectivity index (χ0v) is 12.5. The van der Waals surface area contributed by atoms with Crippen LogP contribution in [0.25, 0.3) is 0 Å². The number of rotatable bonds is 5. The van der Waals surface area contributed by atoms with Gasteiger partial charge in [0.15, 0.2) is 5.96 Å². The lowest BCUT2D eigenvalue weighted by molar-refractivity contribution is 0.579. The minimum absolute atomic E-state index is 0.522. The summed E-state index contributed by atoms with van der Waals surface area (Å²) in [5, 5.41) is 10.4. The topological polar surface area (TPSA) is 36.4 Å². The van der Waals surface area contributed by atoms with Crippen LogP contribution in [0.15, 0.2) is 40.0 Å². The second kappa shape index (κ2) is 7.73. The van der Waals surface area contributed by atoms with Crippen molar-refractivity contribution >= 4 is 17.3 Å². The molecule has 21 heavy (non-hydrogen) atoms. The predicted octanol–water partition coefficient (Wildman–Crippen LogP) is 2.93. The molecule has 0 aliphatic rings. The summed E-state index contributed by atoms with van der Waals surface area (Å²) in [6.45, 7) is 1.24. The average molecular weight is 309 g/mol. The molecule has 0 bridgehead atoms. The fourth-order valence-electron chi connectivity index (χ4n) is 1.88. The largest absolute Gasteiger partial charge is 0.356 e. The van der Waals surface area contributed by atoms with Crippen molar-refractivity contribution in [3.63, 3.8) is 0 Å². The number of nitrogens with one attached hydrogen (secondary N) is 2. The molecule has 3 nitrogen and oxygen atoms in total. The first-order chi connectivity index (χ1) is 10.2. The molecule has 0 atom stereocenters. The van der Waals surface area contributed by atoms with Crippen molar-refractivity contribution in [1.82, 2.24) is 10.6 Å². The van der Waals surface area contributed by atoms with E-state index in [0.29, 0.717) is 31.0 Å². The molecule has 6 heteroatoms. The Kier molecular flexibility index (Phi) is 5.68. The third-order valence-corrected chi connectivity index (χ3v) is 3.62. The Hall–Kier alpha value is -1.95. The Morgan fingerprint density at radius 1 is 1.14 bits per heavy atom. The van der Waals surface area contributed by atoms with Gasteiger partial charge in [-0.3, -0.25) is 4.99 Å². The molecule has 0 amide bonds. The predicted molar refractivity (Wildman–Crippen MR) is 82.6 cm³/mol. The molecule has 2 N–H and O–H groups in total. The van der Waals surface area contributed by atoms with Crippen LogP contribution in [0.2, 0.25) is 0 Å². The molecule has 0 saturated carbocycles. The van der Waals surface area contributed by atoms with Gasteiger partial charge in [-0.15, -0.1) is 0 Å². The molecule has 0 spiro atoms. The van der Waals surface area contributed by atoms with Gasteiger partial charge in [0, 0.05) is 26.2 Å². The summed E-state index contributed by atoms with van der Waals surface area (Å²) >= 11 is 1.65. The smallest absolute Gasteiger partial charge is 0.191 e. The van der Waals surface area contributed by atoms with E-state index >= 15 is 0 Å². The van der Waals surface area contributed by atoms with Gasteiger partial charge in [-0.05, 0) is 46.5 Å². The first kappa shape index (κ1) is 15.4. The number of nitrogens with zero attached hydrogens (tertiary/aromatic N) is 1. The Bertz CT molecular complexity index is 577. The molecule has 112 valence electrons. The number of halogens is 2. The van der Waals surface area contributed by atoms with E-state index in [0.717, 1.165) is 6.07 Å². The van der Waals surface area contributed by atoms with Gasteiger partial charge in [0.25, 0.3) is 0 Å². The summed E-state index contributed by atoms with van der Waals surface area (Å²) in [6.07, 6.45) is 0.522. The zero-order valence-electron chi connectivity index (χ0n) is 11.7. The lowest BCUT2D eigenvalue weighted by Gasteiger charge is -2.11. The fourth-order valence-corrected chi connectivity index (χ4v) is 2.55. The molecular weight excluding hydrogens is 292 g/mol. The van der Waals surface area contributed by atoms with E-state index in [1.54, 1.807) is 18.4 Å². The summed E-state index contributed by atoms with van der Waals surface area (Å²) in [4.78, 5) is 4.10. The Morgan fingerprint density at radius 3 is 2.52 bits per heavy atom. The highest BCUT2D eigenvalue weighted by atomic mass is 32.1. The van der Waals surface area contributed by atoms with Crippen LogP contribution in [0.1, 0.15) is 11.1 Å². The maximum Gasteiger partial charge on any atom is 0.191 e. The van der Waals surface area contributed by atoms with Crippen LogP contribution < -0.4 is 10.6 Å². The maximum absolute atomic E-state index is 13.1. The minimum Gasteiger partial charge on any atom is -0.356 e. The molecule has 1 aromatic heterocycles. The highest BCUT2D eigenvalue weighted by molar-refractivity contribution is 7.07. The summed E-state index contributed by atoms with van der Waals surface area (Å²) < 4.78 is 26.1. The number of hydrogen-bond donors (Lipinski definition) is 2. The molecule has 0 radical (unpaired) electrons. The lowest BCUT2D eigenvalue weighted by Crippen LogP contribution is -2.37. The van der Waals surface area contributed by atoms with Crippen molar-refractivity contribution in [2.24, 2.45) is 4.99 Å². The van der Waals surface area contributed by atoms with E-state index in [2.05, 4.69) is 21.0 Å². The van der Waals surface area contributed by atoms with E-state index in [1.807, 2.05) is 11.4 Å². The molecular formula is C15H17F2N3S. The third-order valence-electron chi connectivity index (χ3n) is 2.89. The molecule has 0 aliphatic carbocycles. The fraction of sp³-hybridized carbons (Fsp3) is 0.267.